The van der Waals surface area contributed by atoms with Crippen LogP contribution >= 0.6 is 0 Å². The van der Waals surface area contributed by atoms with Crippen LogP contribution in [0, 0.1) is 0 Å². The molecule has 1 saturated heterocycles. The number of nitrogens with one attached hydrogen (secondary N) is 1. The van der Waals surface area contributed by atoms with E-state index < -0.39 is 0 Å². The largest absolute Gasteiger partial charge is 0.310 e. The number of H-pyrrole nitrogens is 1. The molecule has 1 aromatic carbocycles. The average molecular weight is 309 g/mol. The zero-order chi connectivity index (χ0) is 16.0. The quantitative estimate of drug-likeness (QED) is 0.881. The first-order valence-electron chi connectivity index (χ1n) is 7.87. The second-order valence-corrected chi connectivity index (χ2v) is 6.24. The van der Waals surface area contributed by atoms with Gasteiger partial charge in [0.1, 0.15) is 5.84 Å². The lowest BCUT2D eigenvalue weighted by Gasteiger charge is -2.38. The van der Waals surface area contributed by atoms with E-state index in [1.54, 1.807) is 0 Å². The highest BCUT2D eigenvalue weighted by molar-refractivity contribution is 6.14. The fraction of sp³-hybridized carbons (Fsp3) is 0.353. The number of aromatic nitrogens is 2. The van der Waals surface area contributed by atoms with Crippen molar-refractivity contribution < 1.29 is 0 Å². The monoisotopic (exact) mass is 309 g/mol. The molecule has 6 nitrogen and oxygen atoms in total. The van der Waals surface area contributed by atoms with Crippen molar-refractivity contribution >= 4 is 28.1 Å². The second-order valence-electron chi connectivity index (χ2n) is 6.24. The van der Waals surface area contributed by atoms with Gasteiger partial charge in [-0.25, -0.2) is 10.1 Å². The molecule has 23 heavy (non-hydrogen) atoms. The van der Waals surface area contributed by atoms with Gasteiger partial charge in [0, 0.05) is 19.6 Å². The predicted octanol–water partition coefficient (Wildman–Crippen LogP) is 2.05. The highest BCUT2D eigenvalue weighted by Gasteiger charge is 2.30. The first-order valence-corrected chi connectivity index (χ1v) is 7.87. The van der Waals surface area contributed by atoms with Crippen molar-refractivity contribution in [3.8, 4) is 0 Å². The Balaban J connectivity index is 1.73. The van der Waals surface area contributed by atoms with Crippen LogP contribution in [0.1, 0.15) is 13.3 Å². The summed E-state index contributed by atoms with van der Waals surface area (Å²) in [6, 6.07) is 5.65. The number of benzene rings is 1. The summed E-state index contributed by atoms with van der Waals surface area (Å²) >= 11 is 0. The molecule has 0 atom stereocenters. The average Bonchev–Trinajstić information content (AvgIpc) is 2.55. The van der Waals surface area contributed by atoms with E-state index in [1.807, 2.05) is 18.2 Å². The maximum atomic E-state index is 12.0. The molecule has 6 heteroatoms. The van der Waals surface area contributed by atoms with Crippen LogP contribution in [0.3, 0.4) is 0 Å². The maximum absolute atomic E-state index is 12.0. The molecule has 0 radical (unpaired) electrons. The van der Waals surface area contributed by atoms with Gasteiger partial charge in [-0.2, -0.15) is 5.10 Å². The van der Waals surface area contributed by atoms with Crippen LogP contribution in [-0.2, 0) is 0 Å². The van der Waals surface area contributed by atoms with Crippen molar-refractivity contribution in [2.24, 2.45) is 4.99 Å². The van der Waals surface area contributed by atoms with Crippen LogP contribution in [0.5, 0.6) is 0 Å². The molecule has 0 aliphatic carbocycles. The third-order valence-electron chi connectivity index (χ3n) is 4.45. The summed E-state index contributed by atoms with van der Waals surface area (Å²) in [5.74, 6) is 1.82. The van der Waals surface area contributed by atoms with Gasteiger partial charge in [0.05, 0.1) is 23.0 Å². The number of anilines is 1. The molecule has 2 aromatic rings. The van der Waals surface area contributed by atoms with E-state index in [4.69, 9.17) is 4.99 Å². The number of rotatable bonds is 3. The number of aromatic amines is 1. The molecule has 1 aromatic heterocycles. The van der Waals surface area contributed by atoms with Gasteiger partial charge in [0.2, 0.25) is 0 Å². The topological polar surface area (TPSA) is 64.6 Å². The number of piperazine rings is 1. The first kappa shape index (κ1) is 14.1. The molecule has 2 aliphatic heterocycles. The van der Waals surface area contributed by atoms with Gasteiger partial charge < -0.3 is 4.90 Å². The third-order valence-corrected chi connectivity index (χ3v) is 4.45. The van der Waals surface area contributed by atoms with Crippen molar-refractivity contribution in [1.29, 1.82) is 0 Å². The van der Waals surface area contributed by atoms with E-state index in [2.05, 4.69) is 33.5 Å². The number of hydrogen-bond donors (Lipinski definition) is 1. The summed E-state index contributed by atoms with van der Waals surface area (Å²) in [5.41, 5.74) is 1.88. The summed E-state index contributed by atoms with van der Waals surface area (Å²) in [5, 5.41) is 8.42. The fourth-order valence-corrected chi connectivity index (χ4v) is 3.21. The molecule has 3 heterocycles. The van der Waals surface area contributed by atoms with Gasteiger partial charge in [-0.05, 0) is 25.5 Å². The molecular weight excluding hydrogens is 290 g/mol. The van der Waals surface area contributed by atoms with Crippen LogP contribution in [0.15, 0.2) is 40.1 Å². The smallest absolute Gasteiger partial charge is 0.272 e. The molecular formula is C17H19N5O. The van der Waals surface area contributed by atoms with Crippen molar-refractivity contribution in [3.05, 3.63) is 40.7 Å². The lowest BCUT2D eigenvalue weighted by atomic mass is 10.1. The van der Waals surface area contributed by atoms with Crippen molar-refractivity contribution in [2.75, 3.05) is 31.1 Å². The van der Waals surface area contributed by atoms with Crippen LogP contribution in [0.2, 0.25) is 0 Å². The third kappa shape index (κ3) is 2.35. The highest BCUT2D eigenvalue weighted by Crippen LogP contribution is 2.36. The Kier molecular flexibility index (Phi) is 3.27. The van der Waals surface area contributed by atoms with E-state index in [1.165, 1.54) is 5.57 Å². The van der Waals surface area contributed by atoms with Crippen LogP contribution < -0.4 is 10.5 Å². The Labute approximate surface area is 134 Å². The normalized spacial score (nSPS) is 17.1. The molecule has 1 fully saturated rings. The summed E-state index contributed by atoms with van der Waals surface area (Å²) < 4.78 is 0. The highest BCUT2D eigenvalue weighted by atomic mass is 16.1. The van der Waals surface area contributed by atoms with E-state index in [-0.39, 0.29) is 5.56 Å². The molecule has 0 unspecified atom stereocenters. The zero-order valence-corrected chi connectivity index (χ0v) is 13.2. The number of amidine groups is 1. The lowest BCUT2D eigenvalue weighted by Crippen LogP contribution is -2.51. The van der Waals surface area contributed by atoms with Crippen LogP contribution in [-0.4, -0.2) is 47.1 Å². The molecule has 2 aliphatic rings. The number of hydrogen-bond acceptors (Lipinski definition) is 5. The molecule has 0 amide bonds. The van der Waals surface area contributed by atoms with Crippen molar-refractivity contribution in [3.63, 3.8) is 0 Å². The Bertz CT molecular complexity index is 882. The Morgan fingerprint density at radius 3 is 3.09 bits per heavy atom. The van der Waals surface area contributed by atoms with Crippen LogP contribution in [0.25, 0.3) is 10.8 Å². The van der Waals surface area contributed by atoms with Gasteiger partial charge in [-0.15, -0.1) is 6.58 Å². The summed E-state index contributed by atoms with van der Waals surface area (Å²) in [7, 11) is 0. The van der Waals surface area contributed by atoms with Gasteiger partial charge >= 0.3 is 0 Å². The standard InChI is InChI=1S/C17H19N5O/c1-11(2)6-7-21-8-9-22-14(10-21)18-13-5-3-4-12-15(13)16(22)19-20-17(12)23/h3-5H,1,6-10H2,2H3,(H,20,23). The maximum Gasteiger partial charge on any atom is 0.272 e. The van der Waals surface area contributed by atoms with Gasteiger partial charge in [0.15, 0.2) is 5.82 Å². The first-order chi connectivity index (χ1) is 11.1. The minimum atomic E-state index is -0.163. The predicted molar refractivity (Wildman–Crippen MR) is 92.7 cm³/mol. The molecule has 0 spiro atoms. The Morgan fingerprint density at radius 2 is 2.26 bits per heavy atom. The van der Waals surface area contributed by atoms with Gasteiger partial charge in [-0.1, -0.05) is 11.6 Å². The summed E-state index contributed by atoms with van der Waals surface area (Å²) in [6.45, 7) is 9.61. The molecule has 0 bridgehead atoms. The van der Waals surface area contributed by atoms with Crippen molar-refractivity contribution in [2.45, 2.75) is 13.3 Å². The van der Waals surface area contributed by atoms with Gasteiger partial charge in [0.25, 0.3) is 5.56 Å². The summed E-state index contributed by atoms with van der Waals surface area (Å²) in [4.78, 5) is 21.3. The zero-order valence-electron chi connectivity index (χ0n) is 13.2. The SMILES string of the molecule is C=C(C)CCN1CCN2C(=Nc3cccc4c(=O)[nH]nc2c34)C1. The molecule has 0 saturated carbocycles. The molecule has 118 valence electrons. The van der Waals surface area contributed by atoms with Crippen molar-refractivity contribution in [1.82, 2.24) is 15.1 Å². The minimum absolute atomic E-state index is 0.163. The van der Waals surface area contributed by atoms with Crippen LogP contribution in [0.4, 0.5) is 11.5 Å². The minimum Gasteiger partial charge on any atom is -0.310 e. The molecule has 4 rings (SSSR count). The van der Waals surface area contributed by atoms with E-state index >= 15 is 0 Å². The summed E-state index contributed by atoms with van der Waals surface area (Å²) in [6.07, 6.45) is 1.00. The number of fused-ring (bicyclic) bond motifs is 2. The van der Waals surface area contributed by atoms with E-state index in [0.29, 0.717) is 5.39 Å². The Hall–Kier alpha value is -2.47. The van der Waals surface area contributed by atoms with E-state index in [0.717, 1.165) is 55.3 Å². The fourth-order valence-electron chi connectivity index (χ4n) is 3.21. The molecule has 1 N–H and O–H groups in total. The van der Waals surface area contributed by atoms with Gasteiger partial charge in [-0.3, -0.25) is 9.69 Å². The van der Waals surface area contributed by atoms with E-state index in [9.17, 15) is 4.79 Å². The lowest BCUT2D eigenvalue weighted by molar-refractivity contribution is 0.308. The Morgan fingerprint density at radius 1 is 1.39 bits per heavy atom. The number of aliphatic imine (C=N–C) groups is 1. The number of nitrogens with zero attached hydrogens (tertiary/aromatic N) is 4. The second kappa shape index (κ2) is 5.31.